The van der Waals surface area contributed by atoms with E-state index >= 15 is 0 Å². The zero-order valence-electron chi connectivity index (χ0n) is 49.1. The molecule has 0 spiro atoms. The summed E-state index contributed by atoms with van der Waals surface area (Å²) in [6.07, 6.45) is 0. The minimum Gasteiger partial charge on any atom is -0.0616 e. The Bertz CT molecular complexity index is 4040. The van der Waals surface area contributed by atoms with Gasteiger partial charge in [-0.25, -0.2) is 0 Å². The first-order valence-electron chi connectivity index (χ1n) is 26.6. The molecule has 0 radical (unpaired) electrons. The highest BCUT2D eigenvalue weighted by Gasteiger charge is 2.17. The minimum absolute atomic E-state index is 0.472. The Morgan fingerprint density at radius 2 is 0.750 bits per heavy atom. The molecule has 9 aromatic carbocycles. The van der Waals surface area contributed by atoms with Crippen molar-refractivity contribution in [3.8, 4) is 33.4 Å². The monoisotopic (exact) mass is 583 g/mol. The molecule has 0 aliphatic heterocycles. The second kappa shape index (κ2) is 9.93. The standard InChI is InChI=1S/C44H28/c1-2-11-33-27-34(23-19-29(33)9-1)30-17-21-32(22-18-30)43-39-13-5-7-15-41(39)44(42-16-8-6-14-40(42)43)36-25-26-38-35(28-36)24-20-31-10-3-4-12-37(31)38/h1-28H/i1D,2D,3D,4D,5D,6D,7D,8D,9D,10D,11D,12D,13D,15D,16D,17D,18D,19D,20D,21D,22D,23D,24D,25D,26D,27D,28D. The third-order valence-corrected chi connectivity index (χ3v) is 7.14. The highest BCUT2D eigenvalue weighted by Crippen LogP contribution is 2.44. The molecule has 0 atom stereocenters. The van der Waals surface area contributed by atoms with Crippen LogP contribution in [-0.4, -0.2) is 0 Å². The fourth-order valence-corrected chi connectivity index (χ4v) is 5.20. The zero-order valence-corrected chi connectivity index (χ0v) is 22.1. The van der Waals surface area contributed by atoms with E-state index in [1.54, 1.807) is 0 Å². The van der Waals surface area contributed by atoms with Gasteiger partial charge in [-0.3, -0.25) is 0 Å². The largest absolute Gasteiger partial charge is 0.0636 e. The van der Waals surface area contributed by atoms with Gasteiger partial charge in [0.2, 0.25) is 0 Å². The van der Waals surface area contributed by atoms with Crippen molar-refractivity contribution in [1.29, 1.82) is 0 Å². The van der Waals surface area contributed by atoms with Gasteiger partial charge in [0, 0.05) is 0 Å². The lowest BCUT2D eigenvalue weighted by Crippen LogP contribution is -1.91. The summed E-state index contributed by atoms with van der Waals surface area (Å²) in [5, 5.41) is -5.53. The molecule has 0 bridgehead atoms. The Morgan fingerprint density at radius 3 is 1.55 bits per heavy atom. The molecule has 0 heterocycles. The lowest BCUT2D eigenvalue weighted by atomic mass is 9.85. The predicted octanol–water partition coefficient (Wildman–Crippen LogP) is 12.5. The molecule has 44 heavy (non-hydrogen) atoms. The maximum Gasteiger partial charge on any atom is 0.0636 e. The average Bonchev–Trinajstić information content (AvgIpc) is 3.33. The molecule has 0 nitrogen and oxygen atoms in total. The van der Waals surface area contributed by atoms with Gasteiger partial charge in [0.1, 0.15) is 0 Å². The number of fused-ring (bicyclic) bond motifs is 6. The molecule has 9 aromatic rings. The molecule has 0 N–H and O–H groups in total. The fraction of sp³-hybridized carbons (Fsp3) is 0. The molecular weight excluding hydrogens is 528 g/mol. The molecule has 204 valence electrons. The maximum absolute atomic E-state index is 9.65. The van der Waals surface area contributed by atoms with Crippen molar-refractivity contribution in [2.24, 2.45) is 0 Å². The van der Waals surface area contributed by atoms with Crippen molar-refractivity contribution in [1.82, 2.24) is 0 Å². The summed E-state index contributed by atoms with van der Waals surface area (Å²) in [6, 6.07) is -22.5. The van der Waals surface area contributed by atoms with Gasteiger partial charge < -0.3 is 0 Å². The number of hydrogen-bond donors (Lipinski definition) is 0. The van der Waals surface area contributed by atoms with Crippen LogP contribution in [0.5, 0.6) is 0 Å². The Labute approximate surface area is 294 Å². The summed E-state index contributed by atoms with van der Waals surface area (Å²) in [7, 11) is 0. The summed E-state index contributed by atoms with van der Waals surface area (Å²) < 4.78 is 241. The second-order valence-electron chi connectivity index (χ2n) is 9.58. The first-order chi connectivity index (χ1) is 33.1. The summed E-state index contributed by atoms with van der Waals surface area (Å²) in [5.74, 6) is 0. The van der Waals surface area contributed by atoms with Crippen molar-refractivity contribution in [3.05, 3.63) is 169 Å². The van der Waals surface area contributed by atoms with Crippen LogP contribution >= 0.6 is 0 Å². The molecule has 0 aliphatic rings. The average molecular weight is 584 g/mol. The van der Waals surface area contributed by atoms with Crippen molar-refractivity contribution < 1.29 is 37.0 Å². The van der Waals surface area contributed by atoms with Gasteiger partial charge in [-0.1, -0.05) is 157 Å². The molecular formula is C44H28. The SMILES string of the molecule is [2H]c1cc2c(-c3c([2H])c([2H])c(-c4c([2H])c([2H])c5c([2H])c([2H])c([2H])c([2H])c5c4[2H])c([2H])c3[2H])c3c([2H])c([2H])c([2H])c([2H])c3c(-c3c([2H])c([2H])c4c(c3[2H])c([2H])c([2H])c3c([2H])c([2H])c([2H])c([2H])c34)c2c([2H])c1[2H]. The molecule has 0 saturated heterocycles. The van der Waals surface area contributed by atoms with Crippen LogP contribution in [0.2, 0.25) is 0 Å². The normalized spacial score (nSPS) is 20.2. The predicted molar refractivity (Wildman–Crippen MR) is 190 cm³/mol. The van der Waals surface area contributed by atoms with Crippen LogP contribution in [0.25, 0.3) is 87.2 Å². The van der Waals surface area contributed by atoms with Gasteiger partial charge >= 0.3 is 0 Å². The van der Waals surface area contributed by atoms with E-state index in [0.717, 1.165) is 6.07 Å². The smallest absolute Gasteiger partial charge is 0.0616 e. The topological polar surface area (TPSA) is 0 Å². The number of benzene rings is 9. The van der Waals surface area contributed by atoms with Crippen LogP contribution in [-0.2, 0) is 0 Å². The van der Waals surface area contributed by atoms with Crippen LogP contribution in [0.1, 0.15) is 37.0 Å². The van der Waals surface area contributed by atoms with Crippen molar-refractivity contribution in [2.45, 2.75) is 0 Å². The molecule has 0 heteroatoms. The van der Waals surface area contributed by atoms with Gasteiger partial charge in [-0.15, -0.1) is 0 Å². The summed E-state index contributed by atoms with van der Waals surface area (Å²) in [6.45, 7) is 0. The molecule has 0 fully saturated rings. The van der Waals surface area contributed by atoms with E-state index in [1.165, 1.54) is 0 Å². The van der Waals surface area contributed by atoms with E-state index in [1.807, 2.05) is 0 Å². The second-order valence-corrected chi connectivity index (χ2v) is 9.58. The minimum atomic E-state index is -1.02. The highest BCUT2D eigenvalue weighted by molar-refractivity contribution is 6.22. The van der Waals surface area contributed by atoms with Crippen molar-refractivity contribution in [2.75, 3.05) is 0 Å². The highest BCUT2D eigenvalue weighted by atomic mass is 14.2. The Morgan fingerprint density at radius 1 is 0.273 bits per heavy atom. The summed E-state index contributed by atoms with van der Waals surface area (Å²) in [5.41, 5.74) is -4.21. The van der Waals surface area contributed by atoms with E-state index in [0.29, 0.717) is 0 Å². The van der Waals surface area contributed by atoms with Gasteiger partial charge in [0.25, 0.3) is 0 Å². The van der Waals surface area contributed by atoms with Crippen LogP contribution in [0.4, 0.5) is 0 Å². The van der Waals surface area contributed by atoms with Crippen LogP contribution in [0, 0.1) is 0 Å². The van der Waals surface area contributed by atoms with Gasteiger partial charge in [-0.2, -0.15) is 0 Å². The van der Waals surface area contributed by atoms with Crippen LogP contribution in [0.3, 0.4) is 0 Å². The fourth-order valence-electron chi connectivity index (χ4n) is 5.20. The first kappa shape index (κ1) is 9.91. The van der Waals surface area contributed by atoms with Gasteiger partial charge in [0.15, 0.2) is 0 Å². The molecule has 0 saturated carbocycles. The number of hydrogen-bond acceptors (Lipinski definition) is 0. The van der Waals surface area contributed by atoms with E-state index in [9.17, 15) is 13.7 Å². The third kappa shape index (κ3) is 3.92. The quantitative estimate of drug-likeness (QED) is 0.143. The van der Waals surface area contributed by atoms with E-state index in [-0.39, 0.29) is 0 Å². The molecule has 9 rings (SSSR count). The van der Waals surface area contributed by atoms with Gasteiger partial charge in [0.05, 0.1) is 37.0 Å². The van der Waals surface area contributed by atoms with E-state index in [2.05, 4.69) is 0 Å². The lowest BCUT2D eigenvalue weighted by Gasteiger charge is -2.18. The van der Waals surface area contributed by atoms with Crippen LogP contribution < -0.4 is 0 Å². The third-order valence-electron chi connectivity index (χ3n) is 7.14. The zero-order chi connectivity index (χ0) is 52.5. The van der Waals surface area contributed by atoms with E-state index < -0.39 is 250 Å². The number of rotatable bonds is 3. The Hall–Kier alpha value is -5.72. The molecule has 0 amide bonds. The summed E-state index contributed by atoms with van der Waals surface area (Å²) in [4.78, 5) is 0. The molecule has 0 aromatic heterocycles. The lowest BCUT2D eigenvalue weighted by molar-refractivity contribution is 1.63. The van der Waals surface area contributed by atoms with E-state index in [4.69, 9.17) is 23.3 Å². The Balaban J connectivity index is 1.52. The summed E-state index contributed by atoms with van der Waals surface area (Å²) >= 11 is 0. The maximum atomic E-state index is 9.65. The molecule has 0 aliphatic carbocycles. The van der Waals surface area contributed by atoms with Crippen molar-refractivity contribution >= 4 is 53.9 Å². The Kier molecular flexibility index (Phi) is 2.24. The van der Waals surface area contributed by atoms with Crippen molar-refractivity contribution in [3.63, 3.8) is 0 Å². The van der Waals surface area contributed by atoms with Crippen LogP contribution in [0.15, 0.2) is 169 Å². The molecule has 0 unspecified atom stereocenters. The first-order valence-corrected chi connectivity index (χ1v) is 13.1. The van der Waals surface area contributed by atoms with Gasteiger partial charge in [-0.05, 0) is 99.3 Å².